The highest BCUT2D eigenvalue weighted by Crippen LogP contribution is 2.29. The summed E-state index contributed by atoms with van der Waals surface area (Å²) in [6.07, 6.45) is 0. The van der Waals surface area contributed by atoms with Gasteiger partial charge in [0.1, 0.15) is 4.90 Å². The molecule has 0 bridgehead atoms. The normalized spacial score (nSPS) is 11.6. The molecule has 0 spiro atoms. The molecule has 0 saturated carbocycles. The number of sulfonamides is 1. The Morgan fingerprint density at radius 1 is 1.11 bits per heavy atom. The lowest BCUT2D eigenvalue weighted by Crippen LogP contribution is -2.15. The molecule has 0 unspecified atom stereocenters. The van der Waals surface area contributed by atoms with E-state index in [0.29, 0.717) is 28.6 Å². The second kappa shape index (κ2) is 7.83. The summed E-state index contributed by atoms with van der Waals surface area (Å²) in [5, 5.41) is 4.86. The van der Waals surface area contributed by atoms with E-state index in [0.717, 1.165) is 10.0 Å². The maximum absolute atomic E-state index is 12.8. The number of hydrogen-bond acceptors (Lipinski definition) is 3. The van der Waals surface area contributed by atoms with E-state index in [2.05, 4.69) is 25.8 Å². The summed E-state index contributed by atoms with van der Waals surface area (Å²) < 4.78 is 30.9. The molecule has 0 aliphatic carbocycles. The van der Waals surface area contributed by atoms with Gasteiger partial charge in [-0.05, 0) is 49.7 Å². The predicted octanol–water partition coefficient (Wildman–Crippen LogP) is 5.42. The van der Waals surface area contributed by atoms with Crippen molar-refractivity contribution in [3.05, 3.63) is 73.9 Å². The monoisotopic (exact) mass is 487 g/mol. The van der Waals surface area contributed by atoms with Crippen molar-refractivity contribution in [2.45, 2.75) is 25.3 Å². The number of nitrogens with one attached hydrogen (secondary N) is 1. The van der Waals surface area contributed by atoms with Crippen LogP contribution in [0.5, 0.6) is 0 Å². The van der Waals surface area contributed by atoms with Crippen LogP contribution in [0.15, 0.2) is 51.8 Å². The standard InChI is InChI=1S/C18H16BrCl2N3O2S/c1-11-18(23-27(25,26)17-9-15(20)7-8-16(17)21)12(2)24(22-11)10-13-3-5-14(19)6-4-13/h3-9,23H,10H2,1-2H3. The van der Waals surface area contributed by atoms with E-state index in [1.54, 1.807) is 11.6 Å². The molecule has 1 aromatic heterocycles. The molecule has 27 heavy (non-hydrogen) atoms. The number of anilines is 1. The van der Waals surface area contributed by atoms with Crippen LogP contribution in [0, 0.1) is 13.8 Å². The highest BCUT2D eigenvalue weighted by Gasteiger charge is 2.22. The maximum atomic E-state index is 12.8. The number of rotatable bonds is 5. The summed E-state index contributed by atoms with van der Waals surface area (Å²) in [6, 6.07) is 12.2. The molecular formula is C18H16BrCl2N3O2S. The Kier molecular flexibility index (Phi) is 5.86. The van der Waals surface area contributed by atoms with Crippen LogP contribution in [-0.2, 0) is 16.6 Å². The molecule has 9 heteroatoms. The van der Waals surface area contributed by atoms with Gasteiger partial charge in [-0.2, -0.15) is 5.10 Å². The summed E-state index contributed by atoms with van der Waals surface area (Å²) in [7, 11) is -3.90. The van der Waals surface area contributed by atoms with Crippen molar-refractivity contribution < 1.29 is 8.42 Å². The molecule has 0 aliphatic rings. The minimum Gasteiger partial charge on any atom is -0.276 e. The zero-order valence-corrected chi connectivity index (χ0v) is 18.4. The quantitative estimate of drug-likeness (QED) is 0.521. The Labute approximate surface area is 176 Å². The average Bonchev–Trinajstić information content (AvgIpc) is 2.86. The third-order valence-electron chi connectivity index (χ3n) is 4.05. The van der Waals surface area contributed by atoms with Crippen molar-refractivity contribution in [1.29, 1.82) is 0 Å². The molecule has 0 aliphatic heterocycles. The molecule has 3 aromatic rings. The van der Waals surface area contributed by atoms with E-state index in [-0.39, 0.29) is 9.92 Å². The van der Waals surface area contributed by atoms with Gasteiger partial charge in [0, 0.05) is 9.50 Å². The average molecular weight is 489 g/mol. The van der Waals surface area contributed by atoms with Gasteiger partial charge >= 0.3 is 0 Å². The number of hydrogen-bond donors (Lipinski definition) is 1. The zero-order valence-electron chi connectivity index (χ0n) is 14.5. The van der Waals surface area contributed by atoms with Crippen LogP contribution in [0.25, 0.3) is 0 Å². The van der Waals surface area contributed by atoms with E-state index < -0.39 is 10.0 Å². The molecule has 0 amide bonds. The van der Waals surface area contributed by atoms with Crippen LogP contribution in [0.4, 0.5) is 5.69 Å². The molecule has 0 fully saturated rings. The van der Waals surface area contributed by atoms with Gasteiger partial charge in [0.25, 0.3) is 10.0 Å². The molecule has 0 saturated heterocycles. The molecule has 142 valence electrons. The van der Waals surface area contributed by atoms with Crippen molar-refractivity contribution in [3.63, 3.8) is 0 Å². The lowest BCUT2D eigenvalue weighted by Gasteiger charge is -2.11. The molecule has 5 nitrogen and oxygen atoms in total. The first-order valence-electron chi connectivity index (χ1n) is 7.93. The van der Waals surface area contributed by atoms with Crippen molar-refractivity contribution in [2.75, 3.05) is 4.72 Å². The first-order valence-corrected chi connectivity index (χ1v) is 11.0. The Morgan fingerprint density at radius 2 is 1.78 bits per heavy atom. The summed E-state index contributed by atoms with van der Waals surface area (Å²) in [5.41, 5.74) is 2.77. The number of aromatic nitrogens is 2. The highest BCUT2D eigenvalue weighted by atomic mass is 79.9. The molecule has 1 N–H and O–H groups in total. The number of nitrogens with zero attached hydrogens (tertiary/aromatic N) is 2. The fourth-order valence-corrected chi connectivity index (χ4v) is 4.84. The van der Waals surface area contributed by atoms with Crippen molar-refractivity contribution in [3.8, 4) is 0 Å². The topological polar surface area (TPSA) is 64.0 Å². The van der Waals surface area contributed by atoms with Crippen LogP contribution >= 0.6 is 39.1 Å². The largest absolute Gasteiger partial charge is 0.276 e. The van der Waals surface area contributed by atoms with Gasteiger partial charge < -0.3 is 0 Å². The van der Waals surface area contributed by atoms with Gasteiger partial charge in [-0.1, -0.05) is 51.3 Å². The van der Waals surface area contributed by atoms with Crippen LogP contribution in [0.3, 0.4) is 0 Å². The minimum absolute atomic E-state index is 0.0730. The van der Waals surface area contributed by atoms with Gasteiger partial charge in [0.2, 0.25) is 0 Å². The summed E-state index contributed by atoms with van der Waals surface area (Å²) >= 11 is 15.4. The van der Waals surface area contributed by atoms with Crippen LogP contribution in [0.2, 0.25) is 10.0 Å². The Bertz CT molecular complexity index is 1100. The lowest BCUT2D eigenvalue weighted by molar-refractivity contribution is 0.601. The number of halogens is 3. The fourth-order valence-electron chi connectivity index (χ4n) is 2.63. The van der Waals surface area contributed by atoms with Gasteiger partial charge in [0.05, 0.1) is 28.6 Å². The van der Waals surface area contributed by atoms with Gasteiger partial charge in [0.15, 0.2) is 0 Å². The SMILES string of the molecule is Cc1nn(Cc2ccc(Br)cc2)c(C)c1NS(=O)(=O)c1cc(Cl)ccc1Cl. The second-order valence-electron chi connectivity index (χ2n) is 6.01. The van der Waals surface area contributed by atoms with Crippen molar-refractivity contribution in [1.82, 2.24) is 9.78 Å². The Morgan fingerprint density at radius 3 is 2.44 bits per heavy atom. The molecule has 2 aromatic carbocycles. The molecule has 0 atom stereocenters. The van der Waals surface area contributed by atoms with Crippen molar-refractivity contribution in [2.24, 2.45) is 0 Å². The number of benzene rings is 2. The molecule has 3 rings (SSSR count). The Balaban J connectivity index is 1.92. The van der Waals surface area contributed by atoms with Crippen LogP contribution < -0.4 is 4.72 Å². The van der Waals surface area contributed by atoms with Crippen molar-refractivity contribution >= 4 is 54.8 Å². The van der Waals surface area contributed by atoms with Gasteiger partial charge in [-0.25, -0.2) is 8.42 Å². The summed E-state index contributed by atoms with van der Waals surface area (Å²) in [5.74, 6) is 0. The zero-order chi connectivity index (χ0) is 19.8. The summed E-state index contributed by atoms with van der Waals surface area (Å²) in [4.78, 5) is -0.0730. The fraction of sp³-hybridized carbons (Fsp3) is 0.167. The smallest absolute Gasteiger partial charge is 0.263 e. The third kappa shape index (κ3) is 4.48. The van der Waals surface area contributed by atoms with E-state index in [1.807, 2.05) is 31.2 Å². The molecular weight excluding hydrogens is 473 g/mol. The maximum Gasteiger partial charge on any atom is 0.263 e. The molecule has 0 radical (unpaired) electrons. The van der Waals surface area contributed by atoms with Gasteiger partial charge in [-0.3, -0.25) is 9.40 Å². The van der Waals surface area contributed by atoms with Crippen LogP contribution in [0.1, 0.15) is 17.0 Å². The van der Waals surface area contributed by atoms with Crippen LogP contribution in [-0.4, -0.2) is 18.2 Å². The first-order chi connectivity index (χ1) is 12.7. The predicted molar refractivity (Wildman–Crippen MR) is 112 cm³/mol. The van der Waals surface area contributed by atoms with E-state index in [1.165, 1.54) is 18.2 Å². The lowest BCUT2D eigenvalue weighted by atomic mass is 10.2. The van der Waals surface area contributed by atoms with E-state index >= 15 is 0 Å². The van der Waals surface area contributed by atoms with E-state index in [4.69, 9.17) is 23.2 Å². The first kappa shape index (κ1) is 20.2. The second-order valence-corrected chi connectivity index (χ2v) is 9.42. The highest BCUT2D eigenvalue weighted by molar-refractivity contribution is 9.10. The molecule has 1 heterocycles. The Hall–Kier alpha value is -1.54. The summed E-state index contributed by atoms with van der Waals surface area (Å²) in [6.45, 7) is 4.10. The third-order valence-corrected chi connectivity index (χ3v) is 6.64. The van der Waals surface area contributed by atoms with Gasteiger partial charge in [-0.15, -0.1) is 0 Å². The number of aryl methyl sites for hydroxylation is 1. The minimum atomic E-state index is -3.90. The van der Waals surface area contributed by atoms with E-state index in [9.17, 15) is 8.42 Å².